The Kier molecular flexibility index (Phi) is 5.09. The van der Waals surface area contributed by atoms with Crippen LogP contribution in [-0.4, -0.2) is 26.6 Å². The van der Waals surface area contributed by atoms with Crippen LogP contribution in [0.25, 0.3) is 0 Å². The predicted molar refractivity (Wildman–Crippen MR) is 74.0 cm³/mol. The first-order chi connectivity index (χ1) is 8.70. The van der Waals surface area contributed by atoms with E-state index in [1.807, 2.05) is 27.7 Å². The molecule has 1 heterocycles. The van der Waals surface area contributed by atoms with Crippen molar-refractivity contribution >= 4 is 5.97 Å². The van der Waals surface area contributed by atoms with Crippen molar-refractivity contribution in [3.05, 3.63) is 11.4 Å². The summed E-state index contributed by atoms with van der Waals surface area (Å²) < 4.78 is 7.09. The summed E-state index contributed by atoms with van der Waals surface area (Å²) in [5.74, 6) is 0.272. The van der Waals surface area contributed by atoms with Crippen LogP contribution in [0, 0.1) is 12.8 Å². The van der Waals surface area contributed by atoms with Crippen molar-refractivity contribution in [2.24, 2.45) is 5.92 Å². The second-order valence-corrected chi connectivity index (χ2v) is 6.28. The van der Waals surface area contributed by atoms with Crippen LogP contribution in [0.3, 0.4) is 0 Å². The van der Waals surface area contributed by atoms with Gasteiger partial charge in [-0.3, -0.25) is 0 Å². The normalized spacial score (nSPS) is 11.9. The summed E-state index contributed by atoms with van der Waals surface area (Å²) in [7, 11) is 0. The van der Waals surface area contributed by atoms with Gasteiger partial charge in [0.1, 0.15) is 5.60 Å². The molecule has 0 atom stereocenters. The highest BCUT2D eigenvalue weighted by atomic mass is 16.6. The first-order valence-electron chi connectivity index (χ1n) is 6.84. The molecule has 0 N–H and O–H groups in total. The third-order valence-corrected chi connectivity index (χ3v) is 2.73. The van der Waals surface area contributed by atoms with E-state index in [0.29, 0.717) is 11.6 Å². The number of aryl methyl sites for hydroxylation is 1. The zero-order chi connectivity index (χ0) is 14.6. The Labute approximate surface area is 115 Å². The molecule has 108 valence electrons. The molecule has 1 aromatic heterocycles. The molecule has 0 bridgehead atoms. The van der Waals surface area contributed by atoms with Crippen LogP contribution < -0.4 is 0 Å². The number of hydrogen-bond acceptors (Lipinski definition) is 4. The summed E-state index contributed by atoms with van der Waals surface area (Å²) in [6.07, 6.45) is 2.18. The van der Waals surface area contributed by atoms with E-state index in [9.17, 15) is 4.79 Å². The van der Waals surface area contributed by atoms with Gasteiger partial charge >= 0.3 is 5.97 Å². The third kappa shape index (κ3) is 5.01. The fraction of sp³-hybridized carbons (Fsp3) is 0.786. The maximum atomic E-state index is 11.9. The second kappa shape index (κ2) is 6.17. The Morgan fingerprint density at radius 1 is 1.37 bits per heavy atom. The predicted octanol–water partition coefficient (Wildman–Crippen LogP) is 2.98. The van der Waals surface area contributed by atoms with Crippen molar-refractivity contribution in [1.29, 1.82) is 0 Å². The van der Waals surface area contributed by atoms with E-state index in [2.05, 4.69) is 24.2 Å². The van der Waals surface area contributed by atoms with E-state index in [-0.39, 0.29) is 0 Å². The number of aromatic nitrogens is 3. The van der Waals surface area contributed by atoms with E-state index >= 15 is 0 Å². The van der Waals surface area contributed by atoms with Crippen LogP contribution in [0.1, 0.15) is 63.6 Å². The lowest BCUT2D eigenvalue weighted by atomic mass is 10.1. The zero-order valence-electron chi connectivity index (χ0n) is 12.9. The lowest BCUT2D eigenvalue weighted by Gasteiger charge is -2.18. The van der Waals surface area contributed by atoms with Crippen molar-refractivity contribution in [2.75, 3.05) is 0 Å². The van der Waals surface area contributed by atoms with Gasteiger partial charge in [0.25, 0.3) is 0 Å². The van der Waals surface area contributed by atoms with Gasteiger partial charge in [-0.05, 0) is 46.5 Å². The van der Waals surface area contributed by atoms with Crippen LogP contribution >= 0.6 is 0 Å². The van der Waals surface area contributed by atoms with Crippen LogP contribution in [0.15, 0.2) is 0 Å². The van der Waals surface area contributed by atoms with Crippen LogP contribution in [-0.2, 0) is 11.3 Å². The van der Waals surface area contributed by atoms with E-state index in [1.54, 1.807) is 4.68 Å². The molecule has 5 heteroatoms. The molecule has 19 heavy (non-hydrogen) atoms. The molecule has 0 saturated carbocycles. The van der Waals surface area contributed by atoms with E-state index in [1.165, 1.54) is 0 Å². The molecule has 0 aliphatic heterocycles. The van der Waals surface area contributed by atoms with Gasteiger partial charge in [-0.15, -0.1) is 5.10 Å². The van der Waals surface area contributed by atoms with Gasteiger partial charge in [0.15, 0.2) is 5.69 Å². The topological polar surface area (TPSA) is 57.0 Å². The summed E-state index contributed by atoms with van der Waals surface area (Å²) in [5, 5.41) is 7.97. The van der Waals surface area contributed by atoms with Crippen LogP contribution in [0.5, 0.6) is 0 Å². The molecule has 0 aliphatic rings. The highest BCUT2D eigenvalue weighted by molar-refractivity contribution is 5.88. The molecule has 1 rings (SSSR count). The molecule has 1 aromatic rings. The number of carbonyl (C=O) groups excluding carboxylic acids is 1. The van der Waals surface area contributed by atoms with Gasteiger partial charge in [0.2, 0.25) is 0 Å². The van der Waals surface area contributed by atoms with Crippen LogP contribution in [0.4, 0.5) is 0 Å². The fourth-order valence-corrected chi connectivity index (χ4v) is 1.74. The minimum Gasteiger partial charge on any atom is -0.455 e. The Balaban J connectivity index is 2.67. The molecule has 0 unspecified atom stereocenters. The summed E-state index contributed by atoms with van der Waals surface area (Å²) in [4.78, 5) is 11.9. The standard InChI is InChI=1S/C14H25N3O2/c1-10(2)8-7-9-17-11(3)12(15-16-17)13(18)19-14(4,5)6/h10H,7-9H2,1-6H3. The largest absolute Gasteiger partial charge is 0.455 e. The molecule has 0 fully saturated rings. The third-order valence-electron chi connectivity index (χ3n) is 2.73. The van der Waals surface area contributed by atoms with Gasteiger partial charge in [-0.2, -0.15) is 0 Å². The smallest absolute Gasteiger partial charge is 0.361 e. The van der Waals surface area contributed by atoms with Crippen molar-refractivity contribution < 1.29 is 9.53 Å². The van der Waals surface area contributed by atoms with Gasteiger partial charge in [0.05, 0.1) is 5.69 Å². The van der Waals surface area contributed by atoms with E-state index in [4.69, 9.17) is 4.74 Å². The molecule has 0 radical (unpaired) electrons. The van der Waals surface area contributed by atoms with Crippen molar-refractivity contribution in [1.82, 2.24) is 15.0 Å². The number of nitrogens with zero attached hydrogens (tertiary/aromatic N) is 3. The first-order valence-corrected chi connectivity index (χ1v) is 6.84. The second-order valence-electron chi connectivity index (χ2n) is 6.28. The van der Waals surface area contributed by atoms with Crippen molar-refractivity contribution in [3.8, 4) is 0 Å². The molecule has 0 aliphatic carbocycles. The number of esters is 1. The molecule has 0 saturated heterocycles. The number of carbonyl (C=O) groups is 1. The lowest BCUT2D eigenvalue weighted by Crippen LogP contribution is -2.24. The van der Waals surface area contributed by atoms with Crippen molar-refractivity contribution in [3.63, 3.8) is 0 Å². The molecular weight excluding hydrogens is 242 g/mol. The minimum atomic E-state index is -0.509. The number of hydrogen-bond donors (Lipinski definition) is 0. The van der Waals surface area contributed by atoms with Crippen LogP contribution in [0.2, 0.25) is 0 Å². The number of ether oxygens (including phenoxy) is 1. The maximum Gasteiger partial charge on any atom is 0.361 e. The first kappa shape index (κ1) is 15.7. The van der Waals surface area contributed by atoms with Crippen molar-refractivity contribution in [2.45, 2.75) is 66.5 Å². The average Bonchev–Trinajstić information content (AvgIpc) is 2.57. The van der Waals surface area contributed by atoms with E-state index in [0.717, 1.165) is 25.1 Å². The zero-order valence-corrected chi connectivity index (χ0v) is 12.9. The van der Waals surface area contributed by atoms with Gasteiger partial charge in [-0.1, -0.05) is 19.1 Å². The average molecular weight is 267 g/mol. The maximum absolute atomic E-state index is 11.9. The highest BCUT2D eigenvalue weighted by Crippen LogP contribution is 2.14. The molecular formula is C14H25N3O2. The lowest BCUT2D eigenvalue weighted by molar-refractivity contribution is 0.00618. The summed E-state index contributed by atoms with van der Waals surface area (Å²) >= 11 is 0. The van der Waals surface area contributed by atoms with Gasteiger partial charge < -0.3 is 4.74 Å². The van der Waals surface area contributed by atoms with Gasteiger partial charge in [-0.25, -0.2) is 9.48 Å². The quantitative estimate of drug-likeness (QED) is 0.770. The summed E-state index contributed by atoms with van der Waals surface area (Å²) in [5.41, 5.74) is 0.586. The Hall–Kier alpha value is -1.39. The molecule has 0 amide bonds. The molecule has 5 nitrogen and oxygen atoms in total. The SMILES string of the molecule is Cc1c(C(=O)OC(C)(C)C)nnn1CCCC(C)C. The van der Waals surface area contributed by atoms with E-state index < -0.39 is 11.6 Å². The van der Waals surface area contributed by atoms with Gasteiger partial charge in [0, 0.05) is 6.54 Å². The fourth-order valence-electron chi connectivity index (χ4n) is 1.74. The minimum absolute atomic E-state index is 0.319. The summed E-state index contributed by atoms with van der Waals surface area (Å²) in [6, 6.07) is 0. The Morgan fingerprint density at radius 3 is 2.53 bits per heavy atom. The number of rotatable bonds is 5. The Bertz CT molecular complexity index is 430. The summed E-state index contributed by atoms with van der Waals surface area (Å²) in [6.45, 7) is 12.6. The highest BCUT2D eigenvalue weighted by Gasteiger charge is 2.23. The molecule has 0 aromatic carbocycles. The Morgan fingerprint density at radius 2 is 2.00 bits per heavy atom. The monoisotopic (exact) mass is 267 g/mol. The molecule has 0 spiro atoms.